The molecule has 0 N–H and O–H groups in total. The molecule has 0 amide bonds. The highest BCUT2D eigenvalue weighted by Gasteiger charge is 2.64. The fraction of sp³-hybridized carbons (Fsp3) is 0.636. The third kappa shape index (κ3) is 1.20. The first-order valence-electron chi connectivity index (χ1n) is 5.24. The first-order valence-corrected chi connectivity index (χ1v) is 6.32. The molecular weight excluding hydrogens is 323 g/mol. The minimum Gasteiger partial charge on any atom is -0.460 e. The topological polar surface area (TPSA) is 52.6 Å². The van der Waals surface area contributed by atoms with E-state index in [0.717, 1.165) is 0 Å². The van der Waals surface area contributed by atoms with E-state index in [4.69, 9.17) is 9.47 Å². The van der Waals surface area contributed by atoms with Crippen molar-refractivity contribution in [3.8, 4) is 0 Å². The summed E-state index contributed by atoms with van der Waals surface area (Å²) in [5.41, 5.74) is -0.705. The highest BCUT2D eigenvalue weighted by atomic mass is 127. The lowest BCUT2D eigenvalue weighted by Gasteiger charge is -2.42. The maximum Gasteiger partial charge on any atom is 0.330 e. The summed E-state index contributed by atoms with van der Waals surface area (Å²) in [5, 5.41) is 0. The summed E-state index contributed by atoms with van der Waals surface area (Å²) in [4.78, 5) is 23.2. The molecule has 1 aliphatic carbocycles. The van der Waals surface area contributed by atoms with Crippen molar-refractivity contribution in [1.82, 2.24) is 0 Å². The van der Waals surface area contributed by atoms with Crippen molar-refractivity contribution in [1.29, 1.82) is 0 Å². The second kappa shape index (κ2) is 3.00. The summed E-state index contributed by atoms with van der Waals surface area (Å²) in [6, 6.07) is 0. The first-order chi connectivity index (χ1) is 7.44. The van der Waals surface area contributed by atoms with Crippen LogP contribution in [0.1, 0.15) is 19.8 Å². The van der Waals surface area contributed by atoms with Crippen molar-refractivity contribution in [2.24, 2.45) is 5.41 Å². The van der Waals surface area contributed by atoms with Crippen LogP contribution < -0.4 is 0 Å². The maximum absolute atomic E-state index is 11.9. The molecule has 1 saturated carbocycles. The molecule has 2 heterocycles. The molecule has 2 bridgehead atoms. The van der Waals surface area contributed by atoms with Gasteiger partial charge in [-0.25, -0.2) is 4.79 Å². The van der Waals surface area contributed by atoms with Crippen molar-refractivity contribution in [3.63, 3.8) is 0 Å². The summed E-state index contributed by atoms with van der Waals surface area (Å²) in [6.07, 6.45) is 3.88. The fourth-order valence-corrected chi connectivity index (χ4v) is 3.48. The van der Waals surface area contributed by atoms with Gasteiger partial charge in [0.05, 0.1) is 3.42 Å². The minimum absolute atomic E-state index is 0.0710. The van der Waals surface area contributed by atoms with E-state index in [1.807, 2.05) is 6.92 Å². The number of esters is 2. The van der Waals surface area contributed by atoms with Crippen molar-refractivity contribution in [3.05, 3.63) is 12.2 Å². The van der Waals surface area contributed by atoms with Gasteiger partial charge in [-0.3, -0.25) is 4.79 Å². The number of fused-ring (bicyclic) bond motifs is 1. The highest BCUT2D eigenvalue weighted by molar-refractivity contribution is 14.1. The van der Waals surface area contributed by atoms with E-state index < -0.39 is 5.41 Å². The van der Waals surface area contributed by atoms with E-state index in [1.165, 1.54) is 6.08 Å². The quantitative estimate of drug-likeness (QED) is 0.381. The summed E-state index contributed by atoms with van der Waals surface area (Å²) in [5.74, 6) is -0.604. The van der Waals surface area contributed by atoms with Crippen molar-refractivity contribution >= 4 is 34.5 Å². The van der Waals surface area contributed by atoms with Gasteiger partial charge in [-0.2, -0.15) is 0 Å². The Hall–Kier alpha value is -0.590. The summed E-state index contributed by atoms with van der Waals surface area (Å²) in [6.45, 7) is 2.03. The number of halogens is 1. The van der Waals surface area contributed by atoms with Gasteiger partial charge in [0.2, 0.25) is 0 Å². The van der Waals surface area contributed by atoms with Gasteiger partial charge in [0.25, 0.3) is 0 Å². The number of hydrogen-bond donors (Lipinski definition) is 0. The number of hydrogen-bond acceptors (Lipinski definition) is 4. The van der Waals surface area contributed by atoms with Crippen molar-refractivity contribution < 1.29 is 19.1 Å². The largest absolute Gasteiger partial charge is 0.460 e. The van der Waals surface area contributed by atoms with Crippen LogP contribution in [0.3, 0.4) is 0 Å². The van der Waals surface area contributed by atoms with Gasteiger partial charge in [0.1, 0.15) is 17.6 Å². The van der Waals surface area contributed by atoms with E-state index in [2.05, 4.69) is 22.6 Å². The molecular formula is C11H11IO4. The zero-order valence-corrected chi connectivity index (χ0v) is 10.9. The third-order valence-electron chi connectivity index (χ3n) is 3.76. The Morgan fingerprint density at radius 3 is 2.81 bits per heavy atom. The summed E-state index contributed by atoms with van der Waals surface area (Å²) >= 11 is 2.29. The molecule has 0 aromatic carbocycles. The normalized spacial score (nSPS) is 49.6. The van der Waals surface area contributed by atoms with E-state index >= 15 is 0 Å². The van der Waals surface area contributed by atoms with Gasteiger partial charge in [0.15, 0.2) is 0 Å². The van der Waals surface area contributed by atoms with Crippen molar-refractivity contribution in [2.45, 2.75) is 35.4 Å². The molecule has 4 unspecified atom stereocenters. The van der Waals surface area contributed by atoms with Crippen molar-refractivity contribution in [2.75, 3.05) is 0 Å². The zero-order chi connectivity index (χ0) is 11.6. The molecule has 0 radical (unpaired) electrons. The molecule has 3 aliphatic rings. The fourth-order valence-electron chi connectivity index (χ4n) is 2.73. The Morgan fingerprint density at radius 2 is 2.06 bits per heavy atom. The van der Waals surface area contributed by atoms with E-state index in [1.54, 1.807) is 6.08 Å². The SMILES string of the molecule is CC1(I)CC2OC(=O)C=CC23CC1OC3=O. The molecule has 1 saturated heterocycles. The molecule has 2 aliphatic heterocycles. The summed E-state index contributed by atoms with van der Waals surface area (Å²) < 4.78 is 10.5. The molecule has 3 rings (SSSR count). The lowest BCUT2D eigenvalue weighted by Crippen LogP contribution is -2.51. The molecule has 2 fully saturated rings. The molecule has 1 spiro atoms. The molecule has 0 aromatic heterocycles. The standard InChI is InChI=1S/C11H11IO4/c1-10(12)4-7-11(3-2-8(13)15-7)5-6(10)16-9(11)14/h2-3,6-7H,4-5H2,1H3. The second-order valence-electron chi connectivity index (χ2n) is 4.88. The number of alkyl halides is 1. The zero-order valence-electron chi connectivity index (χ0n) is 8.73. The number of rotatable bonds is 0. The Bertz CT molecular complexity index is 414. The lowest BCUT2D eigenvalue weighted by molar-refractivity contribution is -0.159. The van der Waals surface area contributed by atoms with Crippen LogP contribution in [-0.4, -0.2) is 27.6 Å². The van der Waals surface area contributed by atoms with Crippen LogP contribution in [0.5, 0.6) is 0 Å². The van der Waals surface area contributed by atoms with Gasteiger partial charge < -0.3 is 9.47 Å². The molecule has 5 heteroatoms. The van der Waals surface area contributed by atoms with Crippen LogP contribution in [0.15, 0.2) is 12.2 Å². The van der Waals surface area contributed by atoms with Crippen LogP contribution in [0.2, 0.25) is 0 Å². The van der Waals surface area contributed by atoms with E-state index in [-0.39, 0.29) is 27.6 Å². The molecule has 16 heavy (non-hydrogen) atoms. The third-order valence-corrected chi connectivity index (χ3v) is 4.89. The molecule has 0 aromatic rings. The predicted octanol–water partition coefficient (Wildman–Crippen LogP) is 1.37. The van der Waals surface area contributed by atoms with E-state index in [0.29, 0.717) is 12.8 Å². The van der Waals surface area contributed by atoms with Gasteiger partial charge in [-0.15, -0.1) is 0 Å². The van der Waals surface area contributed by atoms with Crippen LogP contribution in [0.25, 0.3) is 0 Å². The average Bonchev–Trinajstić information content (AvgIpc) is 2.48. The lowest BCUT2D eigenvalue weighted by atomic mass is 9.68. The predicted molar refractivity (Wildman–Crippen MR) is 63.0 cm³/mol. The Morgan fingerprint density at radius 1 is 1.31 bits per heavy atom. The molecule has 86 valence electrons. The number of ether oxygens (including phenoxy) is 2. The smallest absolute Gasteiger partial charge is 0.330 e. The number of carbonyl (C=O) groups is 2. The highest BCUT2D eigenvalue weighted by Crippen LogP contribution is 2.55. The van der Waals surface area contributed by atoms with Crippen LogP contribution in [0, 0.1) is 5.41 Å². The maximum atomic E-state index is 11.9. The first kappa shape index (κ1) is 10.6. The molecule has 4 atom stereocenters. The Balaban J connectivity index is 2.08. The summed E-state index contributed by atoms with van der Waals surface area (Å²) in [7, 11) is 0. The van der Waals surface area contributed by atoms with Crippen LogP contribution in [-0.2, 0) is 19.1 Å². The minimum atomic E-state index is -0.705. The number of carbonyl (C=O) groups excluding carboxylic acids is 2. The van der Waals surface area contributed by atoms with Gasteiger partial charge in [0, 0.05) is 18.9 Å². The van der Waals surface area contributed by atoms with Gasteiger partial charge in [-0.1, -0.05) is 28.7 Å². The Labute approximate surface area is 106 Å². The van der Waals surface area contributed by atoms with Gasteiger partial charge in [-0.05, 0) is 6.92 Å². The van der Waals surface area contributed by atoms with Crippen LogP contribution >= 0.6 is 22.6 Å². The van der Waals surface area contributed by atoms with E-state index in [9.17, 15) is 9.59 Å². The molecule has 4 nitrogen and oxygen atoms in total. The monoisotopic (exact) mass is 334 g/mol. The Kier molecular flexibility index (Phi) is 1.98. The average molecular weight is 334 g/mol. The van der Waals surface area contributed by atoms with Gasteiger partial charge >= 0.3 is 11.9 Å². The second-order valence-corrected chi connectivity index (χ2v) is 7.34. The van der Waals surface area contributed by atoms with Crippen LogP contribution in [0.4, 0.5) is 0 Å².